The lowest BCUT2D eigenvalue weighted by molar-refractivity contribution is -0.110. The number of nitrogens with one attached hydrogen (secondary N) is 1. The van der Waals surface area contributed by atoms with Crippen LogP contribution in [0, 0.1) is 11.6 Å². The number of amides is 1. The van der Waals surface area contributed by atoms with Crippen LogP contribution in [0.5, 0.6) is 0 Å². The summed E-state index contributed by atoms with van der Waals surface area (Å²) in [7, 11) is 1.38. The van der Waals surface area contributed by atoms with Crippen LogP contribution in [0.2, 0.25) is 0 Å². The first-order valence-electron chi connectivity index (χ1n) is 4.44. The highest BCUT2D eigenvalue weighted by Gasteiger charge is 2.13. The van der Waals surface area contributed by atoms with Gasteiger partial charge >= 0.3 is 0 Å². The van der Waals surface area contributed by atoms with Gasteiger partial charge in [-0.1, -0.05) is 12.6 Å². The van der Waals surface area contributed by atoms with Gasteiger partial charge in [0.05, 0.1) is 0 Å². The first kappa shape index (κ1) is 12.0. The molecular weight excluding hydrogens is 214 g/mol. The van der Waals surface area contributed by atoms with E-state index < -0.39 is 23.2 Å². The molecule has 0 aliphatic carbocycles. The van der Waals surface area contributed by atoms with E-state index in [1.165, 1.54) is 19.2 Å². The van der Waals surface area contributed by atoms with Gasteiger partial charge in [0.15, 0.2) is 0 Å². The van der Waals surface area contributed by atoms with Crippen molar-refractivity contribution < 1.29 is 13.6 Å². The lowest BCUT2D eigenvalue weighted by Crippen LogP contribution is -2.22. The summed E-state index contributed by atoms with van der Waals surface area (Å²) in [4.78, 5) is 15.0. The van der Waals surface area contributed by atoms with Gasteiger partial charge in [-0.3, -0.25) is 9.79 Å². The van der Waals surface area contributed by atoms with E-state index in [2.05, 4.69) is 16.9 Å². The van der Waals surface area contributed by atoms with Gasteiger partial charge in [-0.15, -0.1) is 0 Å². The summed E-state index contributed by atoms with van der Waals surface area (Å²) < 4.78 is 26.3. The molecule has 1 amide bonds. The van der Waals surface area contributed by atoms with Gasteiger partial charge in [0.25, 0.3) is 5.91 Å². The zero-order valence-electron chi connectivity index (χ0n) is 8.63. The molecule has 0 saturated heterocycles. The molecule has 0 aliphatic heterocycles. The molecule has 1 aromatic carbocycles. The van der Waals surface area contributed by atoms with Crippen molar-refractivity contribution in [2.24, 2.45) is 4.99 Å². The van der Waals surface area contributed by atoms with Gasteiger partial charge in [0.2, 0.25) is 0 Å². The molecule has 0 saturated carbocycles. The highest BCUT2D eigenvalue weighted by molar-refractivity contribution is 6.47. The van der Waals surface area contributed by atoms with E-state index >= 15 is 0 Å². The van der Waals surface area contributed by atoms with Gasteiger partial charge in [-0.05, 0) is 18.2 Å². The molecule has 0 fully saturated rings. The van der Waals surface area contributed by atoms with E-state index in [1.807, 2.05) is 0 Å². The van der Waals surface area contributed by atoms with Crippen LogP contribution in [0.3, 0.4) is 0 Å². The average molecular weight is 224 g/mol. The largest absolute Gasteiger partial charge is 0.316 e. The molecule has 0 spiro atoms. The van der Waals surface area contributed by atoms with Gasteiger partial charge in [0, 0.05) is 7.05 Å². The Labute approximate surface area is 91.5 Å². The number of hydrogen-bond donors (Lipinski definition) is 1. The summed E-state index contributed by atoms with van der Waals surface area (Å²) in [5, 5.41) is 2.09. The summed E-state index contributed by atoms with van der Waals surface area (Å²) in [5.74, 6) is -2.39. The standard InChI is InChI=1S/C11H10F2N2O/c1-3-9(14-2)11(16)15-10-7(12)5-4-6-8(10)13/h3-6H,1H2,2H3,(H,15,16). The maximum atomic E-state index is 13.2. The summed E-state index contributed by atoms with van der Waals surface area (Å²) in [6.07, 6.45) is 1.20. The van der Waals surface area contributed by atoms with Crippen molar-refractivity contribution in [3.05, 3.63) is 42.5 Å². The average Bonchev–Trinajstić information content (AvgIpc) is 2.25. The van der Waals surface area contributed by atoms with Crippen molar-refractivity contribution in [2.75, 3.05) is 12.4 Å². The zero-order valence-corrected chi connectivity index (χ0v) is 8.63. The molecule has 0 bridgehead atoms. The molecule has 1 aromatic rings. The van der Waals surface area contributed by atoms with Gasteiger partial charge in [-0.2, -0.15) is 0 Å². The number of anilines is 1. The zero-order chi connectivity index (χ0) is 12.1. The van der Waals surface area contributed by atoms with Crippen LogP contribution in [0.1, 0.15) is 0 Å². The molecule has 1 N–H and O–H groups in total. The molecule has 0 heterocycles. The Hall–Kier alpha value is -2.04. The maximum Gasteiger partial charge on any atom is 0.273 e. The minimum atomic E-state index is -0.840. The second-order valence-corrected chi connectivity index (χ2v) is 2.86. The Bertz CT molecular complexity index is 435. The van der Waals surface area contributed by atoms with E-state index in [1.54, 1.807) is 0 Å². The van der Waals surface area contributed by atoms with Crippen LogP contribution in [-0.4, -0.2) is 18.7 Å². The Morgan fingerprint density at radius 3 is 2.44 bits per heavy atom. The Morgan fingerprint density at radius 1 is 1.44 bits per heavy atom. The van der Waals surface area contributed by atoms with E-state index in [-0.39, 0.29) is 5.71 Å². The highest BCUT2D eigenvalue weighted by Crippen LogP contribution is 2.17. The normalized spacial score (nSPS) is 11.1. The Balaban J connectivity index is 2.97. The quantitative estimate of drug-likeness (QED) is 0.785. The Morgan fingerprint density at radius 2 is 2.00 bits per heavy atom. The number of nitrogens with zero attached hydrogens (tertiary/aromatic N) is 1. The van der Waals surface area contributed by atoms with Gasteiger partial charge in [-0.25, -0.2) is 8.78 Å². The second-order valence-electron chi connectivity index (χ2n) is 2.86. The van der Waals surface area contributed by atoms with Crippen LogP contribution in [-0.2, 0) is 4.79 Å². The fourth-order valence-corrected chi connectivity index (χ4v) is 1.08. The lowest BCUT2D eigenvalue weighted by Gasteiger charge is -2.06. The monoisotopic (exact) mass is 224 g/mol. The highest BCUT2D eigenvalue weighted by atomic mass is 19.1. The lowest BCUT2D eigenvalue weighted by atomic mass is 10.2. The molecule has 5 heteroatoms. The van der Waals surface area contributed by atoms with Crippen LogP contribution in [0.4, 0.5) is 14.5 Å². The maximum absolute atomic E-state index is 13.2. The predicted molar refractivity (Wildman–Crippen MR) is 58.5 cm³/mol. The van der Waals surface area contributed by atoms with Crippen molar-refractivity contribution in [3.8, 4) is 0 Å². The van der Waals surface area contributed by atoms with Crippen molar-refractivity contribution in [3.63, 3.8) is 0 Å². The summed E-state index contributed by atoms with van der Waals surface area (Å²) in [6.45, 7) is 3.36. The number of benzene rings is 1. The first-order valence-corrected chi connectivity index (χ1v) is 4.44. The number of rotatable bonds is 3. The molecule has 0 atom stereocenters. The number of aliphatic imine (C=N–C) groups is 1. The third-order valence-electron chi connectivity index (χ3n) is 1.87. The van der Waals surface area contributed by atoms with E-state index in [4.69, 9.17) is 0 Å². The smallest absolute Gasteiger partial charge is 0.273 e. The number of halogens is 2. The molecule has 0 aromatic heterocycles. The minimum absolute atomic E-state index is 0.00246. The van der Waals surface area contributed by atoms with E-state index in [0.717, 1.165) is 12.1 Å². The third-order valence-corrected chi connectivity index (χ3v) is 1.87. The molecule has 0 unspecified atom stereocenters. The van der Waals surface area contributed by atoms with Crippen LogP contribution < -0.4 is 5.32 Å². The third kappa shape index (κ3) is 2.50. The van der Waals surface area contributed by atoms with Crippen molar-refractivity contribution in [1.82, 2.24) is 0 Å². The van der Waals surface area contributed by atoms with Crippen LogP contribution in [0.25, 0.3) is 0 Å². The van der Waals surface area contributed by atoms with Crippen molar-refractivity contribution in [1.29, 1.82) is 0 Å². The van der Waals surface area contributed by atoms with Crippen molar-refractivity contribution in [2.45, 2.75) is 0 Å². The van der Waals surface area contributed by atoms with E-state index in [9.17, 15) is 13.6 Å². The summed E-state index contributed by atoms with van der Waals surface area (Å²) >= 11 is 0. The first-order chi connectivity index (χ1) is 7.60. The fraction of sp³-hybridized carbons (Fsp3) is 0.0909. The molecule has 1 rings (SSSR count). The molecular formula is C11H10F2N2O. The summed E-state index contributed by atoms with van der Waals surface area (Å²) in [6, 6.07) is 3.31. The Kier molecular flexibility index (Phi) is 3.88. The topological polar surface area (TPSA) is 41.5 Å². The molecule has 3 nitrogen and oxygen atoms in total. The number of hydrogen-bond acceptors (Lipinski definition) is 2. The summed E-state index contributed by atoms with van der Waals surface area (Å²) in [5.41, 5.74) is -0.488. The van der Waals surface area contributed by atoms with Gasteiger partial charge < -0.3 is 5.32 Å². The van der Waals surface area contributed by atoms with Crippen LogP contribution >= 0.6 is 0 Å². The number of carbonyl (C=O) groups is 1. The minimum Gasteiger partial charge on any atom is -0.316 e. The van der Waals surface area contributed by atoms with Gasteiger partial charge in [0.1, 0.15) is 23.0 Å². The molecule has 84 valence electrons. The predicted octanol–water partition coefficient (Wildman–Crippen LogP) is 2.16. The van der Waals surface area contributed by atoms with Crippen LogP contribution in [0.15, 0.2) is 35.8 Å². The fourth-order valence-electron chi connectivity index (χ4n) is 1.08. The molecule has 0 radical (unpaired) electrons. The second kappa shape index (κ2) is 5.16. The molecule has 0 aliphatic rings. The van der Waals surface area contributed by atoms with Crippen molar-refractivity contribution >= 4 is 17.3 Å². The number of carbonyl (C=O) groups excluding carboxylic acids is 1. The SMILES string of the molecule is C=CC(=NC)C(=O)Nc1c(F)cccc1F. The number of para-hydroxylation sites is 1. The molecule has 16 heavy (non-hydrogen) atoms. The van der Waals surface area contributed by atoms with E-state index in [0.29, 0.717) is 0 Å².